The van der Waals surface area contributed by atoms with Crippen molar-refractivity contribution < 1.29 is 0 Å². The average Bonchev–Trinajstić information content (AvgIpc) is 3.03. The van der Waals surface area contributed by atoms with E-state index in [1.807, 2.05) is 0 Å². The van der Waals surface area contributed by atoms with Gasteiger partial charge in [-0.25, -0.2) is 0 Å². The van der Waals surface area contributed by atoms with Crippen molar-refractivity contribution in [3.05, 3.63) is 0 Å². The molecule has 20 heavy (non-hydrogen) atoms. The maximum Gasteiger partial charge on any atom is 0.0135 e. The summed E-state index contributed by atoms with van der Waals surface area (Å²) in [5.74, 6) is 6.58. The average molecular weight is 273 g/mol. The molecule has 1 nitrogen and oxygen atoms in total. The van der Waals surface area contributed by atoms with Gasteiger partial charge in [-0.05, 0) is 74.0 Å². The molecule has 0 bridgehead atoms. The Kier molecular flexibility index (Phi) is 2.96. The largest absolute Gasteiger partial charge is 0.310 e. The van der Waals surface area contributed by atoms with Gasteiger partial charge in [-0.1, -0.05) is 32.1 Å². The van der Waals surface area contributed by atoms with Crippen LogP contribution in [0.4, 0.5) is 0 Å². The number of nitrogens with one attached hydrogen (secondary N) is 1. The molecule has 1 heterocycles. The molecule has 0 amide bonds. The van der Waals surface area contributed by atoms with Gasteiger partial charge in [0.1, 0.15) is 0 Å². The van der Waals surface area contributed by atoms with Gasteiger partial charge in [0, 0.05) is 12.1 Å². The van der Waals surface area contributed by atoms with E-state index in [4.69, 9.17) is 0 Å². The molecule has 112 valence electrons. The van der Waals surface area contributed by atoms with Gasteiger partial charge >= 0.3 is 0 Å². The molecule has 0 aromatic rings. The predicted molar refractivity (Wildman–Crippen MR) is 82.4 cm³/mol. The van der Waals surface area contributed by atoms with Crippen LogP contribution >= 0.6 is 0 Å². The summed E-state index contributed by atoms with van der Waals surface area (Å²) in [4.78, 5) is 0. The normalized spacial score (nSPS) is 57.6. The van der Waals surface area contributed by atoms with Crippen molar-refractivity contribution in [2.75, 3.05) is 0 Å². The van der Waals surface area contributed by atoms with E-state index in [1.54, 1.807) is 38.5 Å². The molecule has 0 aromatic heterocycles. The van der Waals surface area contributed by atoms with Gasteiger partial charge in [-0.15, -0.1) is 0 Å². The first-order valence-electron chi connectivity index (χ1n) is 9.68. The third kappa shape index (κ3) is 1.71. The van der Waals surface area contributed by atoms with Crippen LogP contribution in [-0.4, -0.2) is 12.1 Å². The van der Waals surface area contributed by atoms with E-state index in [9.17, 15) is 0 Å². The Morgan fingerprint density at radius 2 is 1.35 bits per heavy atom. The van der Waals surface area contributed by atoms with Crippen LogP contribution in [0.3, 0.4) is 0 Å². The van der Waals surface area contributed by atoms with Crippen molar-refractivity contribution in [3.63, 3.8) is 0 Å². The molecule has 5 aliphatic rings. The van der Waals surface area contributed by atoms with Gasteiger partial charge in [0.2, 0.25) is 0 Å². The van der Waals surface area contributed by atoms with Crippen LogP contribution < -0.4 is 5.32 Å². The van der Waals surface area contributed by atoms with Gasteiger partial charge in [-0.2, -0.15) is 0 Å². The quantitative estimate of drug-likeness (QED) is 0.691. The molecule has 0 radical (unpaired) electrons. The topological polar surface area (TPSA) is 12.0 Å². The molecule has 0 aromatic carbocycles. The maximum absolute atomic E-state index is 4.19. The van der Waals surface area contributed by atoms with Crippen molar-refractivity contribution in [1.82, 2.24) is 5.32 Å². The van der Waals surface area contributed by atoms with E-state index >= 15 is 0 Å². The first-order chi connectivity index (χ1) is 9.92. The zero-order valence-electron chi connectivity index (χ0n) is 12.9. The van der Waals surface area contributed by atoms with Crippen LogP contribution in [-0.2, 0) is 0 Å². The second-order valence-electron chi connectivity index (χ2n) is 8.77. The van der Waals surface area contributed by atoms with E-state index in [2.05, 4.69) is 5.32 Å². The number of hydrogen-bond acceptors (Lipinski definition) is 1. The Balaban J connectivity index is 1.42. The van der Waals surface area contributed by atoms with Crippen LogP contribution in [0.15, 0.2) is 0 Å². The number of hydrogen-bond donors (Lipinski definition) is 1. The summed E-state index contributed by atoms with van der Waals surface area (Å²) >= 11 is 0. The Morgan fingerprint density at radius 1 is 0.600 bits per heavy atom. The second-order valence-corrected chi connectivity index (χ2v) is 8.77. The molecule has 1 heteroatoms. The van der Waals surface area contributed by atoms with E-state index in [-0.39, 0.29) is 0 Å². The summed E-state index contributed by atoms with van der Waals surface area (Å²) in [5, 5.41) is 4.19. The molecular weight excluding hydrogens is 242 g/mol. The van der Waals surface area contributed by atoms with E-state index < -0.39 is 0 Å². The van der Waals surface area contributed by atoms with Crippen molar-refractivity contribution >= 4 is 0 Å². The molecule has 5 rings (SSSR count). The molecule has 1 N–H and O–H groups in total. The zero-order valence-corrected chi connectivity index (χ0v) is 12.9. The fourth-order valence-electron chi connectivity index (χ4n) is 7.49. The molecular formula is C19H31N. The molecule has 0 spiro atoms. The minimum Gasteiger partial charge on any atom is -0.310 e. The van der Waals surface area contributed by atoms with Crippen molar-refractivity contribution in [1.29, 1.82) is 0 Å². The van der Waals surface area contributed by atoms with Gasteiger partial charge in [-0.3, -0.25) is 0 Å². The molecule has 5 fully saturated rings. The Bertz CT molecular complexity index is 378. The van der Waals surface area contributed by atoms with Gasteiger partial charge in [0.05, 0.1) is 0 Å². The predicted octanol–water partition coefficient (Wildman–Crippen LogP) is 4.37. The summed E-state index contributed by atoms with van der Waals surface area (Å²) in [6.07, 6.45) is 17.0. The zero-order chi connectivity index (χ0) is 13.1. The first-order valence-corrected chi connectivity index (χ1v) is 9.68. The molecule has 4 aliphatic carbocycles. The van der Waals surface area contributed by atoms with Crippen molar-refractivity contribution in [3.8, 4) is 0 Å². The molecule has 4 saturated carbocycles. The highest BCUT2D eigenvalue weighted by molar-refractivity contribution is 5.10. The summed E-state index contributed by atoms with van der Waals surface area (Å²) in [6.45, 7) is 0. The Labute approximate surface area is 124 Å². The van der Waals surface area contributed by atoms with Crippen molar-refractivity contribution in [2.45, 2.75) is 82.7 Å². The van der Waals surface area contributed by atoms with Gasteiger partial charge in [0.15, 0.2) is 0 Å². The lowest BCUT2D eigenvalue weighted by Crippen LogP contribution is -2.45. The fraction of sp³-hybridized carbons (Fsp3) is 1.00. The van der Waals surface area contributed by atoms with E-state index in [0.717, 1.165) is 47.6 Å². The van der Waals surface area contributed by atoms with Gasteiger partial charge in [0.25, 0.3) is 0 Å². The maximum atomic E-state index is 4.19. The summed E-state index contributed by atoms with van der Waals surface area (Å²) in [6, 6.07) is 1.86. The highest BCUT2D eigenvalue weighted by Gasteiger charge is 2.57. The standard InChI is InChI=1S/C19H31N/c1-2-6-14-12(5-1)9-10-13-11-16-15-7-3-4-8-17(15)20-19(16)18(13)14/h12-20H,1-11H2/t12-,13-,14-,15+,16-,17+,18?,19+/m0/s1. The first kappa shape index (κ1) is 12.5. The fourth-order valence-corrected chi connectivity index (χ4v) is 7.49. The lowest BCUT2D eigenvalue weighted by molar-refractivity contribution is 0.0574. The summed E-state index contributed by atoms with van der Waals surface area (Å²) in [7, 11) is 0. The van der Waals surface area contributed by atoms with E-state index in [1.165, 1.54) is 32.1 Å². The Morgan fingerprint density at radius 3 is 2.30 bits per heavy atom. The second kappa shape index (κ2) is 4.73. The minimum absolute atomic E-state index is 0.920. The lowest BCUT2D eigenvalue weighted by atomic mass is 9.62. The summed E-state index contributed by atoms with van der Waals surface area (Å²) < 4.78 is 0. The van der Waals surface area contributed by atoms with Gasteiger partial charge < -0.3 is 5.32 Å². The molecule has 1 aliphatic heterocycles. The third-order valence-corrected chi connectivity index (χ3v) is 8.14. The van der Waals surface area contributed by atoms with Crippen molar-refractivity contribution in [2.24, 2.45) is 35.5 Å². The smallest absolute Gasteiger partial charge is 0.0135 e. The molecule has 8 atom stereocenters. The SMILES string of the molecule is C1CC[C@@H]2C3[C@@H](CC[C@@H]2C1)C[C@H]1[C@H]2CCCC[C@H]2N[C@@H]31. The highest BCUT2D eigenvalue weighted by atomic mass is 15.0. The van der Waals surface area contributed by atoms with Crippen LogP contribution in [0, 0.1) is 35.5 Å². The van der Waals surface area contributed by atoms with Crippen LogP contribution in [0.2, 0.25) is 0 Å². The number of fused-ring (bicyclic) bond motifs is 7. The van der Waals surface area contributed by atoms with E-state index in [0.29, 0.717) is 0 Å². The molecule has 1 saturated heterocycles. The van der Waals surface area contributed by atoms with Crippen LogP contribution in [0.1, 0.15) is 70.6 Å². The van der Waals surface area contributed by atoms with Crippen LogP contribution in [0.5, 0.6) is 0 Å². The monoisotopic (exact) mass is 273 g/mol. The minimum atomic E-state index is 0.920. The third-order valence-electron chi connectivity index (χ3n) is 8.14. The molecule has 1 unspecified atom stereocenters. The Hall–Kier alpha value is -0.0400. The number of rotatable bonds is 0. The van der Waals surface area contributed by atoms with Crippen LogP contribution in [0.25, 0.3) is 0 Å². The highest BCUT2D eigenvalue weighted by Crippen LogP contribution is 2.58. The lowest BCUT2D eigenvalue weighted by Gasteiger charge is -2.45. The summed E-state index contributed by atoms with van der Waals surface area (Å²) in [5.41, 5.74) is 0.